The summed E-state index contributed by atoms with van der Waals surface area (Å²) in [7, 11) is 1.91. The molecule has 0 unspecified atom stereocenters. The van der Waals surface area contributed by atoms with Gasteiger partial charge in [0.2, 0.25) is 0 Å². The topological polar surface area (TPSA) is 43.8 Å². The number of halogens is 1. The van der Waals surface area contributed by atoms with Gasteiger partial charge in [-0.3, -0.25) is 0 Å². The van der Waals surface area contributed by atoms with Gasteiger partial charge in [0.25, 0.3) is 0 Å². The van der Waals surface area contributed by atoms with Crippen molar-refractivity contribution in [3.05, 3.63) is 11.4 Å². The summed E-state index contributed by atoms with van der Waals surface area (Å²) in [4.78, 5) is 4.05. The Morgan fingerprint density at radius 3 is 2.00 bits per heavy atom. The van der Waals surface area contributed by atoms with Crippen molar-refractivity contribution in [1.82, 2.24) is 9.55 Å². The van der Waals surface area contributed by atoms with Crippen LogP contribution >= 0.6 is 12.4 Å². The zero-order valence-corrected chi connectivity index (χ0v) is 7.20. The normalized spacial score (nSPS) is 9.10. The van der Waals surface area contributed by atoms with E-state index in [0.29, 0.717) is 5.95 Å². The van der Waals surface area contributed by atoms with Crippen LogP contribution in [0.1, 0.15) is 11.4 Å². The molecule has 0 aromatic carbocycles. The highest BCUT2D eigenvalue weighted by atomic mass is 35.5. The quantitative estimate of drug-likeness (QED) is 0.618. The van der Waals surface area contributed by atoms with E-state index in [9.17, 15) is 0 Å². The molecule has 0 saturated carbocycles. The minimum Gasteiger partial charge on any atom is -0.369 e. The second-order valence-corrected chi connectivity index (χ2v) is 2.20. The van der Waals surface area contributed by atoms with Gasteiger partial charge in [-0.15, -0.1) is 12.4 Å². The van der Waals surface area contributed by atoms with E-state index in [1.165, 1.54) is 0 Å². The molecular weight excluding hydrogens is 150 g/mol. The molecule has 1 rings (SSSR count). The van der Waals surface area contributed by atoms with Crippen LogP contribution in [0.3, 0.4) is 0 Å². The SMILES string of the molecule is Cc1nc(N)n(C)c1C.Cl. The minimum absolute atomic E-state index is 0. The number of nitrogens with two attached hydrogens (primary N) is 1. The van der Waals surface area contributed by atoms with Gasteiger partial charge in [-0.25, -0.2) is 4.98 Å². The van der Waals surface area contributed by atoms with Gasteiger partial charge in [0.1, 0.15) is 0 Å². The fourth-order valence-corrected chi connectivity index (χ4v) is 0.742. The van der Waals surface area contributed by atoms with Crippen molar-refractivity contribution in [1.29, 1.82) is 0 Å². The molecule has 4 heteroatoms. The molecule has 0 aliphatic heterocycles. The van der Waals surface area contributed by atoms with Crippen LogP contribution in [0.25, 0.3) is 0 Å². The van der Waals surface area contributed by atoms with Crippen molar-refractivity contribution >= 4 is 18.4 Å². The molecule has 0 bridgehead atoms. The lowest BCUT2D eigenvalue weighted by molar-refractivity contribution is 0.885. The van der Waals surface area contributed by atoms with Crippen LogP contribution in [0, 0.1) is 13.8 Å². The molecule has 0 aliphatic carbocycles. The molecule has 0 amide bonds. The Bertz CT molecular complexity index is 207. The highest BCUT2D eigenvalue weighted by Gasteiger charge is 2.01. The average molecular weight is 162 g/mol. The van der Waals surface area contributed by atoms with Gasteiger partial charge in [0, 0.05) is 12.7 Å². The monoisotopic (exact) mass is 161 g/mol. The van der Waals surface area contributed by atoms with Gasteiger partial charge in [0.15, 0.2) is 5.95 Å². The molecule has 0 saturated heterocycles. The number of anilines is 1. The van der Waals surface area contributed by atoms with E-state index in [-0.39, 0.29) is 12.4 Å². The van der Waals surface area contributed by atoms with Gasteiger partial charge in [-0.05, 0) is 13.8 Å². The van der Waals surface area contributed by atoms with Gasteiger partial charge in [0.05, 0.1) is 5.69 Å². The predicted molar refractivity (Wildman–Crippen MR) is 44.3 cm³/mol. The number of aryl methyl sites for hydroxylation is 1. The summed E-state index contributed by atoms with van der Waals surface area (Å²) in [5, 5.41) is 0. The lowest BCUT2D eigenvalue weighted by Crippen LogP contribution is -1.97. The summed E-state index contributed by atoms with van der Waals surface area (Å²) in [5.41, 5.74) is 7.63. The molecule has 58 valence electrons. The second-order valence-electron chi connectivity index (χ2n) is 2.20. The number of rotatable bonds is 0. The van der Waals surface area contributed by atoms with Crippen LogP contribution in [0.5, 0.6) is 0 Å². The first kappa shape index (κ1) is 9.30. The van der Waals surface area contributed by atoms with E-state index in [2.05, 4.69) is 4.98 Å². The highest BCUT2D eigenvalue weighted by Crippen LogP contribution is 2.07. The van der Waals surface area contributed by atoms with Gasteiger partial charge >= 0.3 is 0 Å². The molecule has 1 aromatic heterocycles. The molecule has 2 N–H and O–H groups in total. The smallest absolute Gasteiger partial charge is 0.200 e. The Hall–Kier alpha value is -0.700. The molecule has 3 nitrogen and oxygen atoms in total. The van der Waals surface area contributed by atoms with Crippen LogP contribution in [0.15, 0.2) is 0 Å². The number of nitrogen functional groups attached to an aromatic ring is 1. The largest absolute Gasteiger partial charge is 0.369 e. The second kappa shape index (κ2) is 2.92. The molecule has 0 aliphatic rings. The fourth-order valence-electron chi connectivity index (χ4n) is 0.742. The van der Waals surface area contributed by atoms with E-state index in [4.69, 9.17) is 5.73 Å². The minimum atomic E-state index is 0. The zero-order valence-electron chi connectivity index (χ0n) is 6.38. The van der Waals surface area contributed by atoms with E-state index in [1.54, 1.807) is 0 Å². The van der Waals surface area contributed by atoms with Crippen molar-refractivity contribution in [2.75, 3.05) is 5.73 Å². The first-order chi connectivity index (χ1) is 4.13. The highest BCUT2D eigenvalue weighted by molar-refractivity contribution is 5.85. The number of nitrogens with zero attached hydrogens (tertiary/aromatic N) is 2. The fraction of sp³-hybridized carbons (Fsp3) is 0.500. The summed E-state index contributed by atoms with van der Waals surface area (Å²) >= 11 is 0. The van der Waals surface area contributed by atoms with Gasteiger partial charge in [-0.2, -0.15) is 0 Å². The molecule has 10 heavy (non-hydrogen) atoms. The summed E-state index contributed by atoms with van der Waals surface area (Å²) in [5.74, 6) is 0.588. The van der Waals surface area contributed by atoms with Gasteiger partial charge < -0.3 is 10.3 Å². The predicted octanol–water partition coefficient (Wildman–Crippen LogP) is 1.04. The van der Waals surface area contributed by atoms with E-state index in [1.807, 2.05) is 25.5 Å². The van der Waals surface area contributed by atoms with E-state index in [0.717, 1.165) is 11.4 Å². The van der Waals surface area contributed by atoms with Crippen LogP contribution in [-0.2, 0) is 7.05 Å². The third-order valence-electron chi connectivity index (χ3n) is 1.65. The maximum absolute atomic E-state index is 5.49. The summed E-state index contributed by atoms with van der Waals surface area (Å²) in [6.07, 6.45) is 0. The van der Waals surface area contributed by atoms with Crippen molar-refractivity contribution in [2.24, 2.45) is 7.05 Å². The van der Waals surface area contributed by atoms with Gasteiger partial charge in [-0.1, -0.05) is 0 Å². The number of imidazole rings is 1. The number of aromatic nitrogens is 2. The lowest BCUT2D eigenvalue weighted by atomic mass is 10.4. The van der Waals surface area contributed by atoms with Crippen LogP contribution in [0.2, 0.25) is 0 Å². The molecule has 0 spiro atoms. The Morgan fingerprint density at radius 2 is 1.90 bits per heavy atom. The molecule has 1 aromatic rings. The van der Waals surface area contributed by atoms with Crippen LogP contribution < -0.4 is 5.73 Å². The molecule has 0 fully saturated rings. The van der Waals surface area contributed by atoms with Crippen molar-refractivity contribution in [2.45, 2.75) is 13.8 Å². The van der Waals surface area contributed by atoms with E-state index < -0.39 is 0 Å². The summed E-state index contributed by atoms with van der Waals surface area (Å²) in [6, 6.07) is 0. The van der Waals surface area contributed by atoms with E-state index >= 15 is 0 Å². The first-order valence-electron chi connectivity index (χ1n) is 2.88. The number of hydrogen-bond acceptors (Lipinski definition) is 2. The lowest BCUT2D eigenvalue weighted by Gasteiger charge is -1.94. The van der Waals surface area contributed by atoms with Crippen LogP contribution in [-0.4, -0.2) is 9.55 Å². The summed E-state index contributed by atoms with van der Waals surface area (Å²) < 4.78 is 1.87. The number of hydrogen-bond donors (Lipinski definition) is 1. The Morgan fingerprint density at radius 1 is 1.40 bits per heavy atom. The average Bonchev–Trinajstić information content (AvgIpc) is 1.98. The standard InChI is InChI=1S/C6H11N3.ClH/c1-4-5(2)9(3)6(7)8-4;/h1-3H3,(H2,7,8);1H. The third-order valence-corrected chi connectivity index (χ3v) is 1.65. The van der Waals surface area contributed by atoms with Crippen molar-refractivity contribution in [3.63, 3.8) is 0 Å². The maximum atomic E-state index is 5.49. The zero-order chi connectivity index (χ0) is 7.02. The third kappa shape index (κ3) is 1.24. The summed E-state index contributed by atoms with van der Waals surface area (Å²) in [6.45, 7) is 3.95. The molecule has 0 radical (unpaired) electrons. The molecule has 0 atom stereocenters. The molecule has 1 heterocycles. The molecular formula is C6H12ClN3. The Balaban J connectivity index is 0.000000810. The Labute approximate surface area is 66.7 Å². The van der Waals surface area contributed by atoms with Crippen molar-refractivity contribution < 1.29 is 0 Å². The Kier molecular flexibility index (Phi) is 2.72. The maximum Gasteiger partial charge on any atom is 0.200 e. The first-order valence-corrected chi connectivity index (χ1v) is 2.88. The van der Waals surface area contributed by atoms with Crippen molar-refractivity contribution in [3.8, 4) is 0 Å². The van der Waals surface area contributed by atoms with Crippen LogP contribution in [0.4, 0.5) is 5.95 Å².